The maximum Gasteiger partial charge on any atom is 0.345 e. The molecule has 2 aromatic carbocycles. The Hall–Kier alpha value is -3.82. The van der Waals surface area contributed by atoms with E-state index in [9.17, 15) is 4.79 Å². The number of amidine groups is 1. The number of imidazole rings is 1. The lowest BCUT2D eigenvalue weighted by Gasteiger charge is -2.34. The number of hydrogen-bond donors (Lipinski definition) is 1. The van der Waals surface area contributed by atoms with Gasteiger partial charge in [-0.3, -0.25) is 14.9 Å². The van der Waals surface area contributed by atoms with E-state index in [0.717, 1.165) is 45.4 Å². The predicted octanol–water partition coefficient (Wildman–Crippen LogP) is 4.15. The van der Waals surface area contributed by atoms with Gasteiger partial charge in [0.25, 0.3) is 0 Å². The second-order valence-electron chi connectivity index (χ2n) is 8.69. The number of carbonyl (C=O) groups is 1. The van der Waals surface area contributed by atoms with Crippen molar-refractivity contribution in [1.29, 1.82) is 0 Å². The minimum atomic E-state index is -0.402. The van der Waals surface area contributed by atoms with Crippen LogP contribution in [0.2, 0.25) is 0 Å². The summed E-state index contributed by atoms with van der Waals surface area (Å²) in [6, 6.07) is 15.4. The summed E-state index contributed by atoms with van der Waals surface area (Å²) in [4.78, 5) is 33.2. The minimum absolute atomic E-state index is 0.123. The lowest BCUT2D eigenvalue weighted by atomic mass is 10.00. The number of aromatic nitrogens is 3. The van der Waals surface area contributed by atoms with E-state index in [1.165, 1.54) is 0 Å². The molecule has 4 aromatic rings. The number of aliphatic imine (C=N–C) groups is 1. The molecule has 6 rings (SSSR count). The number of rotatable bonds is 5. The predicted molar refractivity (Wildman–Crippen MR) is 135 cm³/mol. The molecule has 2 aromatic heterocycles. The Bertz CT molecular complexity index is 1400. The number of H-pyrrole nitrogens is 1. The number of nitrogens with one attached hydrogen (secondary N) is 1. The zero-order valence-corrected chi connectivity index (χ0v) is 19.6. The Kier molecular flexibility index (Phi) is 5.63. The number of hydrazine groups is 1. The maximum absolute atomic E-state index is 14.2. The van der Waals surface area contributed by atoms with Crippen LogP contribution < -0.4 is 4.90 Å². The van der Waals surface area contributed by atoms with Gasteiger partial charge in [-0.15, -0.1) is 0 Å². The number of amides is 2. The summed E-state index contributed by atoms with van der Waals surface area (Å²) in [6.45, 7) is 5.15. The van der Waals surface area contributed by atoms with Gasteiger partial charge in [0, 0.05) is 36.9 Å². The number of aromatic amines is 1. The second-order valence-corrected chi connectivity index (χ2v) is 8.69. The molecule has 1 unspecified atom stereocenters. The molecular formula is C26H27N7O2. The number of morpholine rings is 1. The van der Waals surface area contributed by atoms with Crippen LogP contribution in [0.1, 0.15) is 24.9 Å². The van der Waals surface area contributed by atoms with Crippen molar-refractivity contribution in [3.8, 4) is 0 Å². The minimum Gasteiger partial charge on any atom is -0.379 e. The highest BCUT2D eigenvalue weighted by atomic mass is 16.5. The third kappa shape index (κ3) is 3.73. The molecule has 1 N–H and O–H groups in total. The first-order chi connectivity index (χ1) is 17.3. The largest absolute Gasteiger partial charge is 0.379 e. The van der Waals surface area contributed by atoms with Crippen LogP contribution >= 0.6 is 0 Å². The van der Waals surface area contributed by atoms with E-state index in [1.54, 1.807) is 11.3 Å². The average Bonchev–Trinajstić information content (AvgIpc) is 3.49. The van der Waals surface area contributed by atoms with Crippen LogP contribution in [-0.2, 0) is 4.74 Å². The number of hydrogen-bond acceptors (Lipinski definition) is 6. The van der Waals surface area contributed by atoms with Crippen molar-refractivity contribution in [2.24, 2.45) is 4.99 Å². The lowest BCUT2D eigenvalue weighted by molar-refractivity contribution is -0.0269. The van der Waals surface area contributed by atoms with Gasteiger partial charge in [0.15, 0.2) is 5.84 Å². The van der Waals surface area contributed by atoms with Crippen molar-refractivity contribution in [1.82, 2.24) is 25.0 Å². The topological polar surface area (TPSA) is 90.0 Å². The molecule has 9 heteroatoms. The third-order valence-corrected chi connectivity index (χ3v) is 6.54. The van der Waals surface area contributed by atoms with Crippen LogP contribution in [0.3, 0.4) is 0 Å². The summed E-state index contributed by atoms with van der Waals surface area (Å²) in [5.74, 6) is 0.734. The van der Waals surface area contributed by atoms with Crippen molar-refractivity contribution < 1.29 is 9.53 Å². The van der Waals surface area contributed by atoms with Crippen LogP contribution in [0.25, 0.3) is 21.9 Å². The van der Waals surface area contributed by atoms with Crippen molar-refractivity contribution >= 4 is 39.5 Å². The van der Waals surface area contributed by atoms with Crippen molar-refractivity contribution in [3.63, 3.8) is 0 Å². The normalized spacial score (nSPS) is 20.5. The monoisotopic (exact) mass is 469 g/mol. The molecule has 2 amide bonds. The van der Waals surface area contributed by atoms with E-state index < -0.39 is 6.04 Å². The van der Waals surface area contributed by atoms with E-state index in [0.29, 0.717) is 32.8 Å². The van der Waals surface area contributed by atoms with Crippen LogP contribution in [0.5, 0.6) is 0 Å². The molecule has 1 atom stereocenters. The summed E-state index contributed by atoms with van der Waals surface area (Å²) in [6.07, 6.45) is 4.37. The van der Waals surface area contributed by atoms with Crippen LogP contribution in [0.15, 0.2) is 66.0 Å². The van der Waals surface area contributed by atoms with E-state index in [-0.39, 0.29) is 6.03 Å². The molecule has 0 aliphatic carbocycles. The fourth-order valence-corrected chi connectivity index (χ4v) is 4.91. The summed E-state index contributed by atoms with van der Waals surface area (Å²) in [5, 5.41) is 4.84. The maximum atomic E-state index is 14.2. The molecule has 0 bridgehead atoms. The van der Waals surface area contributed by atoms with Crippen LogP contribution in [0.4, 0.5) is 10.5 Å². The van der Waals surface area contributed by atoms with Gasteiger partial charge >= 0.3 is 6.03 Å². The number of benzene rings is 2. The Balaban J connectivity index is 1.57. The summed E-state index contributed by atoms with van der Waals surface area (Å²) >= 11 is 0. The molecule has 2 fully saturated rings. The zero-order valence-electron chi connectivity index (χ0n) is 19.6. The number of urea groups is 1. The quantitative estimate of drug-likeness (QED) is 0.474. The van der Waals surface area contributed by atoms with E-state index in [1.807, 2.05) is 53.6 Å². The smallest absolute Gasteiger partial charge is 0.345 e. The number of carbonyl (C=O) groups excluding carboxylic acids is 1. The molecule has 2 aliphatic heterocycles. The molecule has 0 radical (unpaired) electrons. The van der Waals surface area contributed by atoms with Gasteiger partial charge in [0.2, 0.25) is 0 Å². The van der Waals surface area contributed by atoms with Gasteiger partial charge in [-0.1, -0.05) is 25.1 Å². The molecule has 2 aliphatic rings. The highest BCUT2D eigenvalue weighted by molar-refractivity contribution is 6.17. The molecule has 4 heterocycles. The Morgan fingerprint density at radius 2 is 1.94 bits per heavy atom. The van der Waals surface area contributed by atoms with Crippen molar-refractivity contribution in [2.45, 2.75) is 19.4 Å². The first kappa shape index (κ1) is 21.7. The summed E-state index contributed by atoms with van der Waals surface area (Å²) in [5.41, 5.74) is 4.40. The molecular weight excluding hydrogens is 442 g/mol. The van der Waals surface area contributed by atoms with Crippen LogP contribution in [0, 0.1) is 0 Å². The van der Waals surface area contributed by atoms with E-state index in [2.05, 4.69) is 33.0 Å². The van der Waals surface area contributed by atoms with Gasteiger partial charge in [-0.05, 0) is 42.3 Å². The number of fused-ring (bicyclic) bond motifs is 2. The molecule has 178 valence electrons. The van der Waals surface area contributed by atoms with E-state index in [4.69, 9.17) is 9.73 Å². The van der Waals surface area contributed by atoms with Gasteiger partial charge in [0.05, 0.1) is 36.1 Å². The Morgan fingerprint density at radius 3 is 2.80 bits per heavy atom. The van der Waals surface area contributed by atoms with Gasteiger partial charge in [-0.2, -0.15) is 0 Å². The number of para-hydroxylation sites is 1. The van der Waals surface area contributed by atoms with Crippen LogP contribution in [-0.4, -0.2) is 69.7 Å². The van der Waals surface area contributed by atoms with Crippen molar-refractivity contribution in [3.05, 3.63) is 66.6 Å². The standard InChI is InChI=1S/C26H27N7O2/c1-2-10-28-25-24(20-9-11-27-21-6-4-3-5-19(20)21)32(18-7-8-22-23(16-18)30-17-29-22)26(34)33(25)31-12-14-35-15-13-31/h3-9,11,16-17,24H,2,10,12-15H2,1H3,(H,29,30). The highest BCUT2D eigenvalue weighted by Crippen LogP contribution is 2.40. The number of nitrogens with zero attached hydrogens (tertiary/aromatic N) is 6. The van der Waals surface area contributed by atoms with Gasteiger partial charge in [0.1, 0.15) is 6.04 Å². The van der Waals surface area contributed by atoms with Gasteiger partial charge < -0.3 is 9.72 Å². The molecule has 0 saturated carbocycles. The zero-order chi connectivity index (χ0) is 23.8. The Morgan fingerprint density at radius 1 is 1.09 bits per heavy atom. The fourth-order valence-electron chi connectivity index (χ4n) is 4.91. The van der Waals surface area contributed by atoms with Gasteiger partial charge in [-0.25, -0.2) is 19.8 Å². The SMILES string of the molecule is CCCN=C1C(c2ccnc3ccccc23)N(c2ccc3[nH]cnc3c2)C(=O)N1N1CCOCC1. The second kappa shape index (κ2) is 9.09. The lowest BCUT2D eigenvalue weighted by Crippen LogP contribution is -2.52. The number of anilines is 1. The third-order valence-electron chi connectivity index (χ3n) is 6.54. The first-order valence-electron chi connectivity index (χ1n) is 12.0. The van der Waals surface area contributed by atoms with E-state index >= 15 is 0 Å². The number of pyridine rings is 1. The van der Waals surface area contributed by atoms with Crippen molar-refractivity contribution in [2.75, 3.05) is 37.7 Å². The summed E-state index contributed by atoms with van der Waals surface area (Å²) in [7, 11) is 0. The fraction of sp³-hybridized carbons (Fsp3) is 0.308. The highest BCUT2D eigenvalue weighted by Gasteiger charge is 2.48. The molecule has 35 heavy (non-hydrogen) atoms. The average molecular weight is 470 g/mol. The summed E-state index contributed by atoms with van der Waals surface area (Å²) < 4.78 is 5.58. The number of ether oxygens (including phenoxy) is 1. The molecule has 2 saturated heterocycles. The first-order valence-corrected chi connectivity index (χ1v) is 12.0. The molecule has 9 nitrogen and oxygen atoms in total. The Labute approximate surface area is 203 Å². The molecule has 0 spiro atoms.